The van der Waals surface area contributed by atoms with Crippen molar-refractivity contribution in [3.05, 3.63) is 36.0 Å². The zero-order valence-corrected chi connectivity index (χ0v) is 11.3. The first-order chi connectivity index (χ1) is 9.69. The second-order valence-corrected chi connectivity index (χ2v) is 5.06. The lowest BCUT2D eigenvalue weighted by Gasteiger charge is -2.15. The van der Waals surface area contributed by atoms with Gasteiger partial charge in [-0.2, -0.15) is 0 Å². The average molecular weight is 272 g/mol. The van der Waals surface area contributed by atoms with Gasteiger partial charge in [0, 0.05) is 36.6 Å². The van der Waals surface area contributed by atoms with Gasteiger partial charge in [0.2, 0.25) is 5.91 Å². The fourth-order valence-corrected chi connectivity index (χ4v) is 2.72. The molecule has 0 aliphatic carbocycles. The Bertz CT molecular complexity index is 662. The standard InChI is InChI=1S/C15H16N2O3/c1-20-15(19)10-6-14(18)17(8-10)9-11-7-16-13-5-3-2-4-12(11)13/h2-5,7,10,16H,6,8-9H2,1H3. The molecule has 104 valence electrons. The normalized spacial score (nSPS) is 18.8. The van der Waals surface area contributed by atoms with Crippen molar-refractivity contribution >= 4 is 22.8 Å². The first kappa shape index (κ1) is 12.7. The van der Waals surface area contributed by atoms with Crippen LogP contribution in [0.15, 0.2) is 30.5 Å². The van der Waals surface area contributed by atoms with Crippen LogP contribution in [0.5, 0.6) is 0 Å². The molecule has 1 aliphatic heterocycles. The summed E-state index contributed by atoms with van der Waals surface area (Å²) >= 11 is 0. The van der Waals surface area contributed by atoms with Gasteiger partial charge in [-0.25, -0.2) is 0 Å². The Morgan fingerprint density at radius 2 is 2.25 bits per heavy atom. The molecule has 1 aromatic carbocycles. The third-order valence-corrected chi connectivity index (χ3v) is 3.79. The number of benzene rings is 1. The van der Waals surface area contributed by atoms with Crippen molar-refractivity contribution in [1.82, 2.24) is 9.88 Å². The van der Waals surface area contributed by atoms with Gasteiger partial charge in [-0.15, -0.1) is 0 Å². The quantitative estimate of drug-likeness (QED) is 0.865. The van der Waals surface area contributed by atoms with Crippen LogP contribution in [0.25, 0.3) is 10.9 Å². The summed E-state index contributed by atoms with van der Waals surface area (Å²) in [7, 11) is 1.36. The van der Waals surface area contributed by atoms with E-state index in [9.17, 15) is 9.59 Å². The number of fused-ring (bicyclic) bond motifs is 1. The number of carbonyl (C=O) groups is 2. The highest BCUT2D eigenvalue weighted by Crippen LogP contribution is 2.24. The molecular formula is C15H16N2O3. The molecule has 5 heteroatoms. The first-order valence-corrected chi connectivity index (χ1v) is 6.59. The Morgan fingerprint density at radius 1 is 1.45 bits per heavy atom. The van der Waals surface area contributed by atoms with Gasteiger partial charge in [0.15, 0.2) is 0 Å². The number of hydrogen-bond donors (Lipinski definition) is 1. The Morgan fingerprint density at radius 3 is 3.05 bits per heavy atom. The zero-order chi connectivity index (χ0) is 14.1. The first-order valence-electron chi connectivity index (χ1n) is 6.59. The van der Waals surface area contributed by atoms with Gasteiger partial charge in [0.25, 0.3) is 0 Å². The molecule has 1 unspecified atom stereocenters. The number of amides is 1. The van der Waals surface area contributed by atoms with Crippen molar-refractivity contribution in [2.45, 2.75) is 13.0 Å². The third-order valence-electron chi connectivity index (χ3n) is 3.79. The van der Waals surface area contributed by atoms with Crippen molar-refractivity contribution in [1.29, 1.82) is 0 Å². The van der Waals surface area contributed by atoms with Crippen LogP contribution in [0, 0.1) is 5.92 Å². The predicted molar refractivity (Wildman–Crippen MR) is 73.8 cm³/mol. The summed E-state index contributed by atoms with van der Waals surface area (Å²) in [4.78, 5) is 28.4. The van der Waals surface area contributed by atoms with Crippen LogP contribution in [0.2, 0.25) is 0 Å². The highest BCUT2D eigenvalue weighted by molar-refractivity contribution is 5.88. The Balaban J connectivity index is 1.78. The van der Waals surface area contributed by atoms with Crippen LogP contribution in [0.4, 0.5) is 0 Å². The highest BCUT2D eigenvalue weighted by Gasteiger charge is 2.35. The van der Waals surface area contributed by atoms with Crippen molar-refractivity contribution < 1.29 is 14.3 Å². The molecule has 1 saturated heterocycles. The summed E-state index contributed by atoms with van der Waals surface area (Å²) in [5, 5.41) is 1.11. The minimum atomic E-state index is -0.335. The van der Waals surface area contributed by atoms with E-state index in [1.165, 1.54) is 7.11 Å². The van der Waals surface area contributed by atoms with Crippen LogP contribution in [-0.4, -0.2) is 35.4 Å². The highest BCUT2D eigenvalue weighted by atomic mass is 16.5. The van der Waals surface area contributed by atoms with E-state index in [1.54, 1.807) is 4.90 Å². The van der Waals surface area contributed by atoms with Gasteiger partial charge in [0.1, 0.15) is 0 Å². The summed E-state index contributed by atoms with van der Waals surface area (Å²) in [5.41, 5.74) is 2.12. The zero-order valence-electron chi connectivity index (χ0n) is 11.3. The van der Waals surface area contributed by atoms with Gasteiger partial charge >= 0.3 is 5.97 Å². The van der Waals surface area contributed by atoms with Crippen molar-refractivity contribution in [2.24, 2.45) is 5.92 Å². The topological polar surface area (TPSA) is 62.4 Å². The summed E-state index contributed by atoms with van der Waals surface area (Å²) in [5.74, 6) is -0.636. The number of aromatic nitrogens is 1. The molecule has 0 saturated carbocycles. The van der Waals surface area contributed by atoms with E-state index in [-0.39, 0.29) is 24.2 Å². The Hall–Kier alpha value is -2.30. The van der Waals surface area contributed by atoms with Crippen LogP contribution in [0.1, 0.15) is 12.0 Å². The number of nitrogens with one attached hydrogen (secondary N) is 1. The van der Waals surface area contributed by atoms with E-state index in [0.717, 1.165) is 16.5 Å². The number of methoxy groups -OCH3 is 1. The molecule has 0 radical (unpaired) electrons. The Kier molecular flexibility index (Phi) is 3.18. The van der Waals surface area contributed by atoms with Gasteiger partial charge in [-0.3, -0.25) is 9.59 Å². The van der Waals surface area contributed by atoms with E-state index in [4.69, 9.17) is 4.74 Å². The van der Waals surface area contributed by atoms with E-state index in [1.807, 2.05) is 30.5 Å². The molecule has 2 heterocycles. The number of ether oxygens (including phenoxy) is 1. The minimum Gasteiger partial charge on any atom is -0.469 e. The molecule has 3 rings (SSSR count). The fraction of sp³-hybridized carbons (Fsp3) is 0.333. The maximum Gasteiger partial charge on any atom is 0.310 e. The monoisotopic (exact) mass is 272 g/mol. The van der Waals surface area contributed by atoms with Gasteiger partial charge in [-0.05, 0) is 11.6 Å². The average Bonchev–Trinajstić information content (AvgIpc) is 3.04. The maximum absolute atomic E-state index is 12.0. The van der Waals surface area contributed by atoms with E-state index in [2.05, 4.69) is 4.98 Å². The molecule has 0 spiro atoms. The minimum absolute atomic E-state index is 0.00526. The largest absolute Gasteiger partial charge is 0.469 e. The summed E-state index contributed by atoms with van der Waals surface area (Å²) in [6.07, 6.45) is 2.17. The van der Waals surface area contributed by atoms with Gasteiger partial charge < -0.3 is 14.6 Å². The fourth-order valence-electron chi connectivity index (χ4n) is 2.72. The lowest BCUT2D eigenvalue weighted by molar-refractivity contribution is -0.145. The third kappa shape index (κ3) is 2.15. The summed E-state index contributed by atoms with van der Waals surface area (Å²) in [6.45, 7) is 0.960. The molecule has 0 bridgehead atoms. The van der Waals surface area contributed by atoms with Crippen LogP contribution < -0.4 is 0 Å². The maximum atomic E-state index is 12.0. The van der Waals surface area contributed by atoms with E-state index in [0.29, 0.717) is 13.1 Å². The van der Waals surface area contributed by atoms with Crippen molar-refractivity contribution in [2.75, 3.05) is 13.7 Å². The molecule has 5 nitrogen and oxygen atoms in total. The number of para-hydroxylation sites is 1. The number of esters is 1. The second kappa shape index (κ2) is 5.00. The smallest absolute Gasteiger partial charge is 0.310 e. The van der Waals surface area contributed by atoms with Crippen LogP contribution in [0.3, 0.4) is 0 Å². The lowest BCUT2D eigenvalue weighted by Crippen LogP contribution is -2.26. The predicted octanol–water partition coefficient (Wildman–Crippen LogP) is 1.69. The van der Waals surface area contributed by atoms with Gasteiger partial charge in [-0.1, -0.05) is 18.2 Å². The van der Waals surface area contributed by atoms with Crippen LogP contribution >= 0.6 is 0 Å². The Labute approximate surface area is 116 Å². The molecule has 1 amide bonds. The summed E-state index contributed by atoms with van der Waals surface area (Å²) in [6, 6.07) is 7.97. The number of carbonyl (C=O) groups excluding carboxylic acids is 2. The molecule has 1 atom stereocenters. The molecule has 1 aliphatic rings. The number of nitrogens with zero attached hydrogens (tertiary/aromatic N) is 1. The number of aromatic amines is 1. The van der Waals surface area contributed by atoms with Crippen LogP contribution in [-0.2, 0) is 20.9 Å². The van der Waals surface area contributed by atoms with Crippen molar-refractivity contribution in [3.63, 3.8) is 0 Å². The molecule has 1 fully saturated rings. The van der Waals surface area contributed by atoms with Gasteiger partial charge in [0.05, 0.1) is 13.0 Å². The molecule has 20 heavy (non-hydrogen) atoms. The lowest BCUT2D eigenvalue weighted by atomic mass is 10.1. The van der Waals surface area contributed by atoms with Crippen molar-refractivity contribution in [3.8, 4) is 0 Å². The molecule has 1 aromatic heterocycles. The van der Waals surface area contributed by atoms with E-state index >= 15 is 0 Å². The SMILES string of the molecule is COC(=O)C1CC(=O)N(Cc2c[nH]c3ccccc23)C1. The van der Waals surface area contributed by atoms with E-state index < -0.39 is 0 Å². The molecule has 2 aromatic rings. The molecular weight excluding hydrogens is 256 g/mol. The number of rotatable bonds is 3. The molecule has 1 N–H and O–H groups in total. The second-order valence-electron chi connectivity index (χ2n) is 5.06. The summed E-state index contributed by atoms with van der Waals surface area (Å²) < 4.78 is 4.71. The number of likely N-dealkylation sites (tertiary alicyclic amines) is 1. The number of hydrogen-bond acceptors (Lipinski definition) is 3. The number of H-pyrrole nitrogens is 1.